The monoisotopic (exact) mass is 556 g/mol. The van der Waals surface area contributed by atoms with Crippen LogP contribution in [0.5, 0.6) is 11.5 Å². The first-order valence-electron chi connectivity index (χ1n) is 12.1. The first-order chi connectivity index (χ1) is 17.3. The lowest BCUT2D eigenvalue weighted by atomic mass is 9.88. The van der Waals surface area contributed by atoms with E-state index in [0.717, 1.165) is 30.2 Å². The van der Waals surface area contributed by atoms with Gasteiger partial charge in [0.1, 0.15) is 5.82 Å². The van der Waals surface area contributed by atoms with Crippen molar-refractivity contribution < 1.29 is 14.4 Å². The number of nitro benzene ring substituents is 1. The van der Waals surface area contributed by atoms with E-state index >= 15 is 0 Å². The molecular formula is C26H29BrN4O5. The number of aromatic nitrogens is 2. The summed E-state index contributed by atoms with van der Waals surface area (Å²) in [5.41, 5.74) is 0.526. The number of rotatable bonds is 8. The minimum atomic E-state index is -0.508. The number of methoxy groups -OCH3 is 1. The molecule has 1 aliphatic rings. The van der Waals surface area contributed by atoms with Crippen molar-refractivity contribution in [3.8, 4) is 11.5 Å². The van der Waals surface area contributed by atoms with E-state index in [-0.39, 0.29) is 34.8 Å². The Morgan fingerprint density at radius 1 is 1.28 bits per heavy atom. The maximum atomic E-state index is 13.5. The van der Waals surface area contributed by atoms with Crippen LogP contribution in [0.4, 0.5) is 5.69 Å². The van der Waals surface area contributed by atoms with Crippen LogP contribution in [0, 0.1) is 10.1 Å². The lowest BCUT2D eigenvalue weighted by Gasteiger charge is -2.22. The first-order valence-corrected chi connectivity index (χ1v) is 12.9. The summed E-state index contributed by atoms with van der Waals surface area (Å²) in [6, 6.07) is 8.41. The molecule has 2 aromatic carbocycles. The number of hydrogen-bond acceptors (Lipinski definition) is 7. The third-order valence-corrected chi connectivity index (χ3v) is 6.99. The third kappa shape index (κ3) is 5.43. The maximum Gasteiger partial charge on any atom is 0.315 e. The quantitative estimate of drug-likeness (QED) is 0.186. The van der Waals surface area contributed by atoms with E-state index in [1.54, 1.807) is 12.1 Å². The highest BCUT2D eigenvalue weighted by molar-refractivity contribution is 9.10. The fourth-order valence-electron chi connectivity index (χ4n) is 4.40. The van der Waals surface area contributed by atoms with Gasteiger partial charge < -0.3 is 9.47 Å². The molecule has 0 saturated heterocycles. The van der Waals surface area contributed by atoms with Crippen molar-refractivity contribution in [1.82, 2.24) is 9.66 Å². The maximum absolute atomic E-state index is 13.5. The molecule has 1 saturated carbocycles. The molecule has 0 aliphatic heterocycles. The molecule has 190 valence electrons. The predicted octanol–water partition coefficient (Wildman–Crippen LogP) is 6.18. The van der Waals surface area contributed by atoms with E-state index in [9.17, 15) is 14.9 Å². The molecule has 4 rings (SSSR count). The molecule has 1 fully saturated rings. The van der Waals surface area contributed by atoms with Crippen LogP contribution < -0.4 is 15.0 Å². The molecule has 0 amide bonds. The number of hydrogen-bond donors (Lipinski definition) is 0. The van der Waals surface area contributed by atoms with Crippen molar-refractivity contribution in [2.75, 3.05) is 7.11 Å². The van der Waals surface area contributed by atoms with Crippen molar-refractivity contribution in [3.05, 3.63) is 66.7 Å². The van der Waals surface area contributed by atoms with Gasteiger partial charge in [0.15, 0.2) is 5.75 Å². The molecule has 36 heavy (non-hydrogen) atoms. The van der Waals surface area contributed by atoms with Crippen LogP contribution >= 0.6 is 15.9 Å². The van der Waals surface area contributed by atoms with Crippen LogP contribution in [0.1, 0.15) is 69.7 Å². The molecule has 1 atom stereocenters. The number of benzene rings is 2. The standard InChI is InChI=1S/C26H29BrN4O5/c1-4-16(2)36-24-22(31(33)34)12-17(13-23(24)35-3)15-28-30-25(18-8-6-5-7-9-18)29-21-11-10-19(27)14-20(21)26(30)32/h10-16,18H,4-9H2,1-3H3/t16-/m1/s1. The van der Waals surface area contributed by atoms with Crippen LogP contribution in [-0.2, 0) is 0 Å². The molecule has 1 aliphatic carbocycles. The zero-order chi connectivity index (χ0) is 25.8. The van der Waals surface area contributed by atoms with Gasteiger partial charge in [0.25, 0.3) is 5.56 Å². The van der Waals surface area contributed by atoms with Crippen molar-refractivity contribution >= 4 is 38.7 Å². The van der Waals surface area contributed by atoms with E-state index in [2.05, 4.69) is 21.0 Å². The summed E-state index contributed by atoms with van der Waals surface area (Å²) in [5, 5.41) is 16.8. The average molecular weight is 557 g/mol. The number of halogens is 1. The van der Waals surface area contributed by atoms with Gasteiger partial charge in [0.2, 0.25) is 5.75 Å². The summed E-state index contributed by atoms with van der Waals surface area (Å²) >= 11 is 3.42. The molecule has 10 heteroatoms. The Balaban J connectivity index is 1.84. The van der Waals surface area contributed by atoms with Gasteiger partial charge in [0, 0.05) is 22.0 Å². The van der Waals surface area contributed by atoms with Crippen molar-refractivity contribution in [2.24, 2.45) is 5.10 Å². The van der Waals surface area contributed by atoms with Gasteiger partial charge in [-0.1, -0.05) is 42.1 Å². The molecule has 0 radical (unpaired) electrons. The van der Waals surface area contributed by atoms with Gasteiger partial charge in [-0.3, -0.25) is 14.9 Å². The van der Waals surface area contributed by atoms with Crippen molar-refractivity contribution in [3.63, 3.8) is 0 Å². The second-order valence-corrected chi connectivity index (χ2v) is 9.91. The SMILES string of the molecule is CC[C@@H](C)Oc1c(OC)cc(C=Nn2c(C3CCCCC3)nc3ccc(Br)cc3c2=O)cc1[N+](=O)[O-]. The zero-order valence-corrected chi connectivity index (χ0v) is 22.2. The summed E-state index contributed by atoms with van der Waals surface area (Å²) in [4.78, 5) is 29.7. The molecule has 0 spiro atoms. The predicted molar refractivity (Wildman–Crippen MR) is 143 cm³/mol. The van der Waals surface area contributed by atoms with Gasteiger partial charge in [0.05, 0.1) is 35.3 Å². The molecule has 1 heterocycles. The van der Waals surface area contributed by atoms with Crippen molar-refractivity contribution in [1.29, 1.82) is 0 Å². The second kappa shape index (κ2) is 11.2. The minimum absolute atomic E-state index is 0.0753. The normalized spacial score (nSPS) is 15.3. The largest absolute Gasteiger partial charge is 0.493 e. The van der Waals surface area contributed by atoms with E-state index < -0.39 is 4.92 Å². The van der Waals surface area contributed by atoms with E-state index in [4.69, 9.17) is 14.5 Å². The number of fused-ring (bicyclic) bond motifs is 1. The molecule has 3 aromatic rings. The minimum Gasteiger partial charge on any atom is -0.493 e. The zero-order valence-electron chi connectivity index (χ0n) is 20.6. The Bertz CT molecular complexity index is 1360. The van der Waals surface area contributed by atoms with Gasteiger partial charge in [-0.25, -0.2) is 4.98 Å². The average Bonchev–Trinajstić information content (AvgIpc) is 2.89. The van der Waals surface area contributed by atoms with E-state index in [1.165, 1.54) is 30.5 Å². The number of ether oxygens (including phenoxy) is 2. The smallest absolute Gasteiger partial charge is 0.315 e. The second-order valence-electron chi connectivity index (χ2n) is 8.99. The molecule has 9 nitrogen and oxygen atoms in total. The summed E-state index contributed by atoms with van der Waals surface area (Å²) in [6.07, 6.45) is 7.07. The summed E-state index contributed by atoms with van der Waals surface area (Å²) in [5.74, 6) is 1.04. The molecule has 0 bridgehead atoms. The van der Waals surface area contributed by atoms with E-state index in [1.807, 2.05) is 26.0 Å². The summed E-state index contributed by atoms with van der Waals surface area (Å²) in [6.45, 7) is 3.77. The fraction of sp³-hybridized carbons (Fsp3) is 0.423. The Morgan fingerprint density at radius 2 is 2.03 bits per heavy atom. The molecule has 0 unspecified atom stereocenters. The van der Waals surface area contributed by atoms with E-state index in [0.29, 0.717) is 28.7 Å². The summed E-state index contributed by atoms with van der Waals surface area (Å²) in [7, 11) is 1.43. The Labute approximate surface area is 217 Å². The highest BCUT2D eigenvalue weighted by Crippen LogP contribution is 2.39. The van der Waals surface area contributed by atoms with Gasteiger partial charge >= 0.3 is 5.69 Å². The molecule has 1 aromatic heterocycles. The van der Waals surface area contributed by atoms with Gasteiger partial charge in [-0.2, -0.15) is 9.78 Å². The highest BCUT2D eigenvalue weighted by Gasteiger charge is 2.25. The van der Waals surface area contributed by atoms with Crippen LogP contribution in [0.25, 0.3) is 10.9 Å². The lowest BCUT2D eigenvalue weighted by Crippen LogP contribution is -2.25. The number of nitrogens with zero attached hydrogens (tertiary/aromatic N) is 4. The molecule has 0 N–H and O–H groups in total. The van der Waals surface area contributed by atoms with Crippen LogP contribution in [0.15, 0.2) is 44.7 Å². The summed E-state index contributed by atoms with van der Waals surface area (Å²) < 4.78 is 13.3. The Kier molecular flexibility index (Phi) is 8.03. The Morgan fingerprint density at radius 3 is 2.69 bits per heavy atom. The molecular weight excluding hydrogens is 528 g/mol. The van der Waals surface area contributed by atoms with Gasteiger partial charge in [-0.05, 0) is 50.5 Å². The topological polar surface area (TPSA) is 109 Å². The lowest BCUT2D eigenvalue weighted by molar-refractivity contribution is -0.386. The number of nitro groups is 1. The van der Waals surface area contributed by atoms with Crippen molar-refractivity contribution in [2.45, 2.75) is 64.4 Å². The Hall–Kier alpha value is -3.27. The van der Waals surface area contributed by atoms with Crippen LogP contribution in [0.3, 0.4) is 0 Å². The van der Waals surface area contributed by atoms with Gasteiger partial charge in [-0.15, -0.1) is 0 Å². The third-order valence-electron chi connectivity index (χ3n) is 6.49. The fourth-order valence-corrected chi connectivity index (χ4v) is 4.76. The van der Waals surface area contributed by atoms with Crippen LogP contribution in [-0.4, -0.2) is 34.0 Å². The van der Waals surface area contributed by atoms with Crippen LogP contribution in [0.2, 0.25) is 0 Å². The highest BCUT2D eigenvalue weighted by atomic mass is 79.9. The first kappa shape index (κ1) is 25.8.